The first kappa shape index (κ1) is 19.2. The molecule has 0 radical (unpaired) electrons. The molecule has 0 saturated carbocycles. The predicted molar refractivity (Wildman–Crippen MR) is 114 cm³/mol. The van der Waals surface area contributed by atoms with Crippen molar-refractivity contribution in [3.63, 3.8) is 0 Å². The summed E-state index contributed by atoms with van der Waals surface area (Å²) >= 11 is 0. The number of carbonyl (C=O) groups is 2. The third-order valence-corrected chi connectivity index (χ3v) is 5.19. The highest BCUT2D eigenvalue weighted by Gasteiger charge is 2.18. The van der Waals surface area contributed by atoms with Crippen molar-refractivity contribution in [1.29, 1.82) is 0 Å². The number of ether oxygens (including phenoxy) is 1. The zero-order valence-corrected chi connectivity index (χ0v) is 16.2. The van der Waals surface area contributed by atoms with Crippen molar-refractivity contribution in [2.75, 3.05) is 18.5 Å². The lowest BCUT2D eigenvalue weighted by molar-refractivity contribution is -0.115. The molecular weight excluding hydrogens is 364 g/mol. The van der Waals surface area contributed by atoms with Crippen LogP contribution in [0.15, 0.2) is 66.7 Å². The lowest BCUT2D eigenvalue weighted by Crippen LogP contribution is -2.32. The molecule has 148 valence electrons. The predicted octanol–water partition coefficient (Wildman–Crippen LogP) is 3.93. The van der Waals surface area contributed by atoms with Gasteiger partial charge in [-0.2, -0.15) is 0 Å². The van der Waals surface area contributed by atoms with Gasteiger partial charge in [0, 0.05) is 13.2 Å². The largest absolute Gasteiger partial charge is 0.376 e. The maximum atomic E-state index is 12.7. The summed E-state index contributed by atoms with van der Waals surface area (Å²) in [5.74, 6) is -0.359. The monoisotopic (exact) mass is 388 g/mol. The molecule has 5 heteroatoms. The van der Waals surface area contributed by atoms with E-state index in [4.69, 9.17) is 4.74 Å². The first-order chi connectivity index (χ1) is 14.2. The SMILES string of the molecule is O=C(Cc1cccc2ccccc12)Nc1ccccc1C(=O)NC[C@H]1CCCO1. The molecule has 1 fully saturated rings. The van der Waals surface area contributed by atoms with Crippen LogP contribution in [0, 0.1) is 0 Å². The molecule has 3 aromatic carbocycles. The average molecular weight is 388 g/mol. The Morgan fingerprint density at radius 3 is 2.62 bits per heavy atom. The highest BCUT2D eigenvalue weighted by atomic mass is 16.5. The van der Waals surface area contributed by atoms with Gasteiger partial charge in [-0.05, 0) is 41.3 Å². The summed E-state index contributed by atoms with van der Waals surface area (Å²) in [5, 5.41) is 7.98. The minimum Gasteiger partial charge on any atom is -0.376 e. The van der Waals surface area contributed by atoms with Crippen LogP contribution in [0.2, 0.25) is 0 Å². The van der Waals surface area contributed by atoms with Gasteiger partial charge in [0.15, 0.2) is 0 Å². The molecule has 0 aromatic heterocycles. The summed E-state index contributed by atoms with van der Waals surface area (Å²) < 4.78 is 5.55. The van der Waals surface area contributed by atoms with E-state index in [9.17, 15) is 9.59 Å². The fourth-order valence-corrected chi connectivity index (χ4v) is 3.71. The highest BCUT2D eigenvalue weighted by Crippen LogP contribution is 2.20. The van der Waals surface area contributed by atoms with E-state index >= 15 is 0 Å². The number of benzene rings is 3. The van der Waals surface area contributed by atoms with Gasteiger partial charge in [0.05, 0.1) is 23.8 Å². The molecular formula is C24H24N2O3. The van der Waals surface area contributed by atoms with Crippen molar-refractivity contribution in [2.24, 2.45) is 0 Å². The fraction of sp³-hybridized carbons (Fsp3) is 0.250. The molecule has 5 nitrogen and oxygen atoms in total. The first-order valence-corrected chi connectivity index (χ1v) is 9.96. The minimum atomic E-state index is -0.207. The summed E-state index contributed by atoms with van der Waals surface area (Å²) in [4.78, 5) is 25.3. The molecule has 29 heavy (non-hydrogen) atoms. The van der Waals surface area contributed by atoms with E-state index in [-0.39, 0.29) is 24.3 Å². The Labute approximate surface area is 170 Å². The summed E-state index contributed by atoms with van der Waals surface area (Å²) in [6.45, 7) is 1.23. The smallest absolute Gasteiger partial charge is 0.253 e. The Bertz CT molecular complexity index is 1020. The summed E-state index contributed by atoms with van der Waals surface area (Å²) in [7, 11) is 0. The van der Waals surface area contributed by atoms with Crippen molar-refractivity contribution in [1.82, 2.24) is 5.32 Å². The molecule has 2 N–H and O–H groups in total. The molecule has 1 atom stereocenters. The average Bonchev–Trinajstić information content (AvgIpc) is 3.26. The molecule has 1 saturated heterocycles. The summed E-state index contributed by atoms with van der Waals surface area (Å²) in [6.07, 6.45) is 2.31. The Morgan fingerprint density at radius 2 is 1.76 bits per heavy atom. The molecule has 1 aliphatic heterocycles. The topological polar surface area (TPSA) is 67.4 Å². The highest BCUT2D eigenvalue weighted by molar-refractivity contribution is 6.04. The number of para-hydroxylation sites is 1. The number of hydrogen-bond donors (Lipinski definition) is 2. The maximum Gasteiger partial charge on any atom is 0.253 e. The van der Waals surface area contributed by atoms with E-state index in [1.807, 2.05) is 48.5 Å². The molecule has 3 aromatic rings. The molecule has 0 aliphatic carbocycles. The fourth-order valence-electron chi connectivity index (χ4n) is 3.71. The van der Waals surface area contributed by atoms with Gasteiger partial charge in [-0.15, -0.1) is 0 Å². The standard InChI is InChI=1S/C24H24N2O3/c27-23(15-18-9-5-8-17-7-1-2-11-20(17)18)26-22-13-4-3-12-21(22)24(28)25-16-19-10-6-14-29-19/h1-5,7-9,11-13,19H,6,10,14-16H2,(H,25,28)(H,26,27)/t19-/m1/s1. The van der Waals surface area contributed by atoms with Gasteiger partial charge in [-0.25, -0.2) is 0 Å². The number of amides is 2. The number of hydrogen-bond acceptors (Lipinski definition) is 3. The van der Waals surface area contributed by atoms with E-state index in [0.29, 0.717) is 17.8 Å². The number of anilines is 1. The van der Waals surface area contributed by atoms with E-state index in [1.165, 1.54) is 0 Å². The quantitative estimate of drug-likeness (QED) is 0.672. The van der Waals surface area contributed by atoms with Crippen LogP contribution in [0.4, 0.5) is 5.69 Å². The van der Waals surface area contributed by atoms with Crippen LogP contribution >= 0.6 is 0 Å². The second kappa shape index (κ2) is 8.88. The van der Waals surface area contributed by atoms with Gasteiger partial charge < -0.3 is 15.4 Å². The van der Waals surface area contributed by atoms with Gasteiger partial charge in [0.1, 0.15) is 0 Å². The van der Waals surface area contributed by atoms with E-state index < -0.39 is 0 Å². The Kier molecular flexibility index (Phi) is 5.86. The molecule has 1 heterocycles. The van der Waals surface area contributed by atoms with Crippen molar-refractivity contribution in [3.8, 4) is 0 Å². The molecule has 0 spiro atoms. The van der Waals surface area contributed by atoms with Crippen molar-refractivity contribution >= 4 is 28.3 Å². The zero-order chi connectivity index (χ0) is 20.1. The van der Waals surface area contributed by atoms with Gasteiger partial charge in [0.25, 0.3) is 5.91 Å². The molecule has 0 unspecified atom stereocenters. The van der Waals surface area contributed by atoms with Crippen LogP contribution in [0.1, 0.15) is 28.8 Å². The molecule has 2 amide bonds. The van der Waals surface area contributed by atoms with Gasteiger partial charge in [-0.1, -0.05) is 54.6 Å². The third-order valence-electron chi connectivity index (χ3n) is 5.19. The van der Waals surface area contributed by atoms with E-state index in [1.54, 1.807) is 18.2 Å². The lowest BCUT2D eigenvalue weighted by atomic mass is 10.0. The Morgan fingerprint density at radius 1 is 0.966 bits per heavy atom. The van der Waals surface area contributed by atoms with E-state index in [2.05, 4.69) is 10.6 Å². The normalized spacial score (nSPS) is 15.9. The van der Waals surface area contributed by atoms with Crippen molar-refractivity contribution < 1.29 is 14.3 Å². The first-order valence-electron chi connectivity index (χ1n) is 9.96. The zero-order valence-electron chi connectivity index (χ0n) is 16.2. The van der Waals surface area contributed by atoms with Crippen LogP contribution in [0.3, 0.4) is 0 Å². The Balaban J connectivity index is 1.45. The molecule has 1 aliphatic rings. The number of carbonyl (C=O) groups excluding carboxylic acids is 2. The van der Waals surface area contributed by atoms with Gasteiger partial charge in [0.2, 0.25) is 5.91 Å². The van der Waals surface area contributed by atoms with Crippen LogP contribution in [-0.2, 0) is 16.0 Å². The second-order valence-corrected chi connectivity index (χ2v) is 7.25. The van der Waals surface area contributed by atoms with Crippen molar-refractivity contribution in [2.45, 2.75) is 25.4 Å². The minimum absolute atomic E-state index is 0.0760. The van der Waals surface area contributed by atoms with Gasteiger partial charge in [-0.3, -0.25) is 9.59 Å². The summed E-state index contributed by atoms with van der Waals surface area (Å²) in [5.41, 5.74) is 1.93. The van der Waals surface area contributed by atoms with Crippen LogP contribution in [-0.4, -0.2) is 31.1 Å². The van der Waals surface area contributed by atoms with Gasteiger partial charge >= 0.3 is 0 Å². The van der Waals surface area contributed by atoms with Crippen LogP contribution < -0.4 is 10.6 Å². The van der Waals surface area contributed by atoms with Crippen LogP contribution in [0.25, 0.3) is 10.8 Å². The van der Waals surface area contributed by atoms with E-state index in [0.717, 1.165) is 35.8 Å². The maximum absolute atomic E-state index is 12.7. The Hall–Kier alpha value is -3.18. The third kappa shape index (κ3) is 4.63. The summed E-state index contributed by atoms with van der Waals surface area (Å²) in [6, 6.07) is 21.0. The molecule has 4 rings (SSSR count). The van der Waals surface area contributed by atoms with Crippen molar-refractivity contribution in [3.05, 3.63) is 77.9 Å². The molecule has 0 bridgehead atoms. The number of rotatable bonds is 6. The van der Waals surface area contributed by atoms with Crippen LogP contribution in [0.5, 0.6) is 0 Å². The second-order valence-electron chi connectivity index (χ2n) is 7.25. The lowest BCUT2D eigenvalue weighted by Gasteiger charge is -2.14. The number of nitrogens with one attached hydrogen (secondary N) is 2. The number of fused-ring (bicyclic) bond motifs is 1.